The number of anilines is 1. The highest BCUT2D eigenvalue weighted by molar-refractivity contribution is 6.04. The van der Waals surface area contributed by atoms with Crippen molar-refractivity contribution in [3.05, 3.63) is 48.2 Å². The number of nitrogens with zero attached hydrogens (tertiary/aromatic N) is 5. The Bertz CT molecular complexity index is 902. The third-order valence-corrected chi connectivity index (χ3v) is 3.97. The number of tetrazole rings is 1. The zero-order valence-electron chi connectivity index (χ0n) is 13.6. The number of hydrogen-bond acceptors (Lipinski definition) is 6. The van der Waals surface area contributed by atoms with Gasteiger partial charge in [-0.15, -0.1) is 5.10 Å². The van der Waals surface area contributed by atoms with E-state index in [1.807, 2.05) is 28.9 Å². The van der Waals surface area contributed by atoms with Crippen LogP contribution in [0, 0.1) is 0 Å². The number of carbonyl (C=O) groups is 1. The maximum absolute atomic E-state index is 12.4. The van der Waals surface area contributed by atoms with Gasteiger partial charge in [-0.3, -0.25) is 4.79 Å². The van der Waals surface area contributed by atoms with Crippen LogP contribution >= 0.6 is 0 Å². The minimum atomic E-state index is -0.242. The van der Waals surface area contributed by atoms with Gasteiger partial charge in [0.1, 0.15) is 0 Å². The summed E-state index contributed by atoms with van der Waals surface area (Å²) >= 11 is 0. The monoisotopic (exact) mass is 336 g/mol. The SMILES string of the molecule is COc1ccc(C(=O)Nc2cccc(-c3nnnn3C3CC3)c2)cn1. The number of benzene rings is 1. The van der Waals surface area contributed by atoms with Crippen molar-refractivity contribution in [1.29, 1.82) is 0 Å². The molecule has 1 fully saturated rings. The zero-order chi connectivity index (χ0) is 17.2. The van der Waals surface area contributed by atoms with Gasteiger partial charge >= 0.3 is 0 Å². The fourth-order valence-corrected chi connectivity index (χ4v) is 2.52. The van der Waals surface area contributed by atoms with E-state index in [1.165, 1.54) is 13.3 Å². The van der Waals surface area contributed by atoms with Gasteiger partial charge in [0.05, 0.1) is 18.7 Å². The van der Waals surface area contributed by atoms with Gasteiger partial charge in [-0.1, -0.05) is 12.1 Å². The summed E-state index contributed by atoms with van der Waals surface area (Å²) in [6.07, 6.45) is 3.67. The first kappa shape index (κ1) is 15.3. The number of carbonyl (C=O) groups excluding carboxylic acids is 1. The molecule has 25 heavy (non-hydrogen) atoms. The highest BCUT2D eigenvalue weighted by Gasteiger charge is 2.28. The third-order valence-electron chi connectivity index (χ3n) is 3.97. The van der Waals surface area contributed by atoms with Gasteiger partial charge in [0, 0.05) is 23.5 Å². The van der Waals surface area contributed by atoms with Crippen LogP contribution in [0.3, 0.4) is 0 Å². The van der Waals surface area contributed by atoms with Gasteiger partial charge in [-0.05, 0) is 41.5 Å². The van der Waals surface area contributed by atoms with Gasteiger partial charge in [-0.2, -0.15) is 0 Å². The van der Waals surface area contributed by atoms with Gasteiger partial charge in [0.15, 0.2) is 5.82 Å². The smallest absolute Gasteiger partial charge is 0.257 e. The summed E-state index contributed by atoms with van der Waals surface area (Å²) in [6.45, 7) is 0. The molecule has 1 N–H and O–H groups in total. The van der Waals surface area contributed by atoms with Crippen molar-refractivity contribution in [2.75, 3.05) is 12.4 Å². The molecule has 8 heteroatoms. The lowest BCUT2D eigenvalue weighted by Gasteiger charge is -2.08. The number of aromatic nitrogens is 5. The molecule has 0 atom stereocenters. The Kier molecular flexibility index (Phi) is 3.85. The lowest BCUT2D eigenvalue weighted by molar-refractivity contribution is 0.102. The minimum Gasteiger partial charge on any atom is -0.481 e. The van der Waals surface area contributed by atoms with E-state index in [4.69, 9.17) is 4.74 Å². The number of hydrogen-bond donors (Lipinski definition) is 1. The molecular formula is C17H16N6O2. The Morgan fingerprint density at radius 1 is 1.28 bits per heavy atom. The topological polar surface area (TPSA) is 94.8 Å². The molecule has 0 aliphatic heterocycles. The normalized spacial score (nSPS) is 13.5. The fraction of sp³-hybridized carbons (Fsp3) is 0.235. The summed E-state index contributed by atoms with van der Waals surface area (Å²) in [6, 6.07) is 11.2. The Morgan fingerprint density at radius 2 is 2.16 bits per heavy atom. The van der Waals surface area contributed by atoms with Crippen molar-refractivity contribution in [3.8, 4) is 17.3 Å². The Morgan fingerprint density at radius 3 is 2.88 bits per heavy atom. The van der Waals surface area contributed by atoms with Gasteiger partial charge in [0.2, 0.25) is 5.88 Å². The molecule has 2 heterocycles. The molecular weight excluding hydrogens is 320 g/mol. The van der Waals surface area contributed by atoms with Crippen molar-refractivity contribution in [1.82, 2.24) is 25.2 Å². The van der Waals surface area contributed by atoms with E-state index in [2.05, 4.69) is 25.8 Å². The van der Waals surface area contributed by atoms with Crippen LogP contribution in [-0.2, 0) is 0 Å². The van der Waals surface area contributed by atoms with E-state index in [0.717, 1.165) is 18.4 Å². The maximum atomic E-state index is 12.4. The van der Waals surface area contributed by atoms with Gasteiger partial charge in [-0.25, -0.2) is 9.67 Å². The molecule has 126 valence electrons. The Hall–Kier alpha value is -3.29. The molecule has 0 saturated heterocycles. The number of rotatable bonds is 5. The summed E-state index contributed by atoms with van der Waals surface area (Å²) in [5.74, 6) is 0.935. The second kappa shape index (κ2) is 6.31. The molecule has 8 nitrogen and oxygen atoms in total. The maximum Gasteiger partial charge on any atom is 0.257 e. The largest absolute Gasteiger partial charge is 0.481 e. The van der Waals surface area contributed by atoms with Crippen molar-refractivity contribution >= 4 is 11.6 Å². The molecule has 0 spiro atoms. The first-order valence-corrected chi connectivity index (χ1v) is 7.94. The second-order valence-electron chi connectivity index (χ2n) is 5.80. The van der Waals surface area contributed by atoms with Crippen molar-refractivity contribution in [3.63, 3.8) is 0 Å². The Labute approximate surface area is 143 Å². The predicted molar refractivity (Wildman–Crippen MR) is 90.3 cm³/mol. The van der Waals surface area contributed by atoms with E-state index < -0.39 is 0 Å². The molecule has 1 aliphatic rings. The molecule has 0 bridgehead atoms. The van der Waals surface area contributed by atoms with Crippen molar-refractivity contribution in [2.24, 2.45) is 0 Å². The summed E-state index contributed by atoms with van der Waals surface area (Å²) in [4.78, 5) is 16.4. The molecule has 3 aromatic rings. The van der Waals surface area contributed by atoms with Crippen molar-refractivity contribution in [2.45, 2.75) is 18.9 Å². The molecule has 0 radical (unpaired) electrons. The van der Waals surface area contributed by atoms with Crippen molar-refractivity contribution < 1.29 is 9.53 Å². The zero-order valence-corrected chi connectivity index (χ0v) is 13.6. The second-order valence-corrected chi connectivity index (χ2v) is 5.80. The summed E-state index contributed by atoms with van der Waals surface area (Å²) in [7, 11) is 1.53. The van der Waals surface area contributed by atoms with Crippen LogP contribution in [0.5, 0.6) is 5.88 Å². The molecule has 1 aliphatic carbocycles. The highest BCUT2D eigenvalue weighted by atomic mass is 16.5. The number of pyridine rings is 1. The minimum absolute atomic E-state index is 0.242. The Balaban J connectivity index is 1.54. The molecule has 2 aromatic heterocycles. The first-order chi connectivity index (χ1) is 12.2. The van der Waals surface area contributed by atoms with Gasteiger partial charge < -0.3 is 10.1 Å². The number of methoxy groups -OCH3 is 1. The average Bonchev–Trinajstić information content (AvgIpc) is 3.38. The lowest BCUT2D eigenvalue weighted by Crippen LogP contribution is -2.12. The number of ether oxygens (including phenoxy) is 1. The predicted octanol–water partition coefficient (Wildman–Crippen LogP) is 2.33. The van der Waals surface area contributed by atoms with Crippen LogP contribution < -0.4 is 10.1 Å². The van der Waals surface area contributed by atoms with E-state index in [9.17, 15) is 4.79 Å². The van der Waals surface area contributed by atoms with Gasteiger partial charge in [0.25, 0.3) is 5.91 Å². The van der Waals surface area contributed by atoms with Crippen LogP contribution in [-0.4, -0.2) is 38.2 Å². The highest BCUT2D eigenvalue weighted by Crippen LogP contribution is 2.36. The molecule has 0 unspecified atom stereocenters. The number of amides is 1. The van der Waals surface area contributed by atoms with Crippen LogP contribution in [0.25, 0.3) is 11.4 Å². The van der Waals surface area contributed by atoms with E-state index >= 15 is 0 Å². The van der Waals surface area contributed by atoms with E-state index in [0.29, 0.717) is 29.0 Å². The summed E-state index contributed by atoms with van der Waals surface area (Å²) in [5, 5.41) is 14.8. The quantitative estimate of drug-likeness (QED) is 0.768. The average molecular weight is 336 g/mol. The molecule has 1 amide bonds. The van der Waals surface area contributed by atoms with E-state index in [-0.39, 0.29) is 5.91 Å². The summed E-state index contributed by atoms with van der Waals surface area (Å²) in [5.41, 5.74) is 1.99. The van der Waals surface area contributed by atoms with Crippen LogP contribution in [0.1, 0.15) is 29.2 Å². The molecule has 4 rings (SSSR count). The van der Waals surface area contributed by atoms with E-state index in [1.54, 1.807) is 12.1 Å². The number of nitrogens with one attached hydrogen (secondary N) is 1. The molecule has 1 aromatic carbocycles. The molecule has 1 saturated carbocycles. The van der Waals surface area contributed by atoms with Crippen LogP contribution in [0.4, 0.5) is 5.69 Å². The third kappa shape index (κ3) is 3.18. The summed E-state index contributed by atoms with van der Waals surface area (Å²) < 4.78 is 6.84. The van der Waals surface area contributed by atoms with Crippen LogP contribution in [0.15, 0.2) is 42.6 Å². The standard InChI is InChI=1S/C17H16N6O2/c1-25-15-8-5-12(10-18-15)17(24)19-13-4-2-3-11(9-13)16-20-21-22-23(16)14-6-7-14/h2-5,8-10,14H,6-7H2,1H3,(H,19,24). The lowest BCUT2D eigenvalue weighted by atomic mass is 10.1. The van der Waals surface area contributed by atoms with Crippen LogP contribution in [0.2, 0.25) is 0 Å². The fourth-order valence-electron chi connectivity index (χ4n) is 2.52. The first-order valence-electron chi connectivity index (χ1n) is 7.94.